The summed E-state index contributed by atoms with van der Waals surface area (Å²) in [6.45, 7) is 2.16. The number of nitrogens with one attached hydrogen (secondary N) is 1. The van der Waals surface area contributed by atoms with Crippen LogP contribution in [0, 0.1) is 3.57 Å². The van der Waals surface area contributed by atoms with Crippen LogP contribution in [0.25, 0.3) is 0 Å². The zero-order chi connectivity index (χ0) is 9.80. The first-order chi connectivity index (χ1) is 6.84. The molecule has 1 fully saturated rings. The molecule has 0 radical (unpaired) electrons. The van der Waals surface area contributed by atoms with Crippen LogP contribution in [-0.2, 0) is 0 Å². The van der Waals surface area contributed by atoms with E-state index in [9.17, 15) is 0 Å². The van der Waals surface area contributed by atoms with Crippen molar-refractivity contribution >= 4 is 22.6 Å². The molecule has 0 saturated carbocycles. The molecule has 0 spiro atoms. The first-order valence-electron chi connectivity index (χ1n) is 4.97. The molecule has 0 amide bonds. The van der Waals surface area contributed by atoms with Crippen LogP contribution in [0.15, 0.2) is 24.3 Å². The van der Waals surface area contributed by atoms with Crippen molar-refractivity contribution in [2.24, 2.45) is 0 Å². The van der Waals surface area contributed by atoms with Crippen molar-refractivity contribution in [3.05, 3.63) is 27.8 Å². The number of piperidine rings is 1. The molecule has 0 atom stereocenters. The minimum atomic E-state index is 0.399. The number of ether oxygens (including phenoxy) is 1. The van der Waals surface area contributed by atoms with E-state index in [0.717, 1.165) is 31.7 Å². The van der Waals surface area contributed by atoms with Gasteiger partial charge in [0.1, 0.15) is 11.9 Å². The van der Waals surface area contributed by atoms with Crippen LogP contribution in [-0.4, -0.2) is 19.2 Å². The van der Waals surface area contributed by atoms with Gasteiger partial charge in [-0.2, -0.15) is 0 Å². The van der Waals surface area contributed by atoms with Gasteiger partial charge in [-0.1, -0.05) is 0 Å². The molecule has 76 valence electrons. The molecule has 1 aliphatic heterocycles. The summed E-state index contributed by atoms with van der Waals surface area (Å²) in [6, 6.07) is 8.25. The molecule has 0 aliphatic carbocycles. The van der Waals surface area contributed by atoms with Gasteiger partial charge in [0.15, 0.2) is 0 Å². The molecule has 1 saturated heterocycles. The van der Waals surface area contributed by atoms with Crippen molar-refractivity contribution in [1.82, 2.24) is 5.32 Å². The minimum Gasteiger partial charge on any atom is -0.490 e. The lowest BCUT2D eigenvalue weighted by atomic mass is 10.1. The van der Waals surface area contributed by atoms with Gasteiger partial charge in [0, 0.05) is 3.57 Å². The monoisotopic (exact) mass is 303 g/mol. The van der Waals surface area contributed by atoms with Gasteiger partial charge >= 0.3 is 0 Å². The zero-order valence-corrected chi connectivity index (χ0v) is 10.2. The Bertz CT molecular complexity index is 280. The normalized spacial score (nSPS) is 18.1. The molecule has 2 rings (SSSR count). The van der Waals surface area contributed by atoms with E-state index in [1.165, 1.54) is 3.57 Å². The quantitative estimate of drug-likeness (QED) is 0.847. The third-order valence-corrected chi connectivity index (χ3v) is 3.12. The summed E-state index contributed by atoms with van der Waals surface area (Å²) in [6.07, 6.45) is 2.63. The van der Waals surface area contributed by atoms with Gasteiger partial charge in [-0.25, -0.2) is 0 Å². The molecule has 2 nitrogen and oxygen atoms in total. The summed E-state index contributed by atoms with van der Waals surface area (Å²) in [5.41, 5.74) is 0. The van der Waals surface area contributed by atoms with Gasteiger partial charge in [0.05, 0.1) is 0 Å². The summed E-state index contributed by atoms with van der Waals surface area (Å²) >= 11 is 2.30. The summed E-state index contributed by atoms with van der Waals surface area (Å²) in [5, 5.41) is 3.33. The Labute approximate surface area is 98.2 Å². The SMILES string of the molecule is Ic1ccc(OC2CCNCC2)cc1. The van der Waals surface area contributed by atoms with E-state index in [1.54, 1.807) is 0 Å². The fourth-order valence-corrected chi connectivity index (χ4v) is 1.98. The lowest BCUT2D eigenvalue weighted by molar-refractivity contribution is 0.162. The molecule has 14 heavy (non-hydrogen) atoms. The van der Waals surface area contributed by atoms with Gasteiger partial charge in [-0.15, -0.1) is 0 Å². The fraction of sp³-hybridized carbons (Fsp3) is 0.455. The van der Waals surface area contributed by atoms with Crippen LogP contribution in [0.1, 0.15) is 12.8 Å². The third-order valence-electron chi connectivity index (χ3n) is 2.40. The highest BCUT2D eigenvalue weighted by atomic mass is 127. The molecule has 3 heteroatoms. The Morgan fingerprint density at radius 2 is 1.79 bits per heavy atom. The Morgan fingerprint density at radius 3 is 2.43 bits per heavy atom. The largest absolute Gasteiger partial charge is 0.490 e. The second-order valence-electron chi connectivity index (χ2n) is 3.52. The van der Waals surface area contributed by atoms with Crippen LogP contribution in [0.4, 0.5) is 0 Å². The highest BCUT2D eigenvalue weighted by Crippen LogP contribution is 2.17. The van der Waals surface area contributed by atoms with Crippen molar-refractivity contribution in [3.8, 4) is 5.75 Å². The molecule has 0 bridgehead atoms. The van der Waals surface area contributed by atoms with Crippen LogP contribution in [0.5, 0.6) is 5.75 Å². The highest BCUT2D eigenvalue weighted by Gasteiger charge is 2.13. The first-order valence-corrected chi connectivity index (χ1v) is 6.05. The van der Waals surface area contributed by atoms with Gasteiger partial charge in [-0.3, -0.25) is 0 Å². The molecule has 1 aliphatic rings. The van der Waals surface area contributed by atoms with E-state index in [0.29, 0.717) is 6.10 Å². The zero-order valence-electron chi connectivity index (χ0n) is 8.00. The van der Waals surface area contributed by atoms with Crippen LogP contribution in [0.3, 0.4) is 0 Å². The maximum absolute atomic E-state index is 5.87. The molecule has 0 unspecified atom stereocenters. The predicted molar refractivity (Wildman–Crippen MR) is 65.7 cm³/mol. The molecular formula is C11H14INO. The Morgan fingerprint density at radius 1 is 1.14 bits per heavy atom. The summed E-state index contributed by atoms with van der Waals surface area (Å²) in [4.78, 5) is 0. The number of benzene rings is 1. The Balaban J connectivity index is 1.92. The van der Waals surface area contributed by atoms with Crippen LogP contribution >= 0.6 is 22.6 Å². The van der Waals surface area contributed by atoms with Crippen molar-refractivity contribution < 1.29 is 4.74 Å². The summed E-state index contributed by atoms with van der Waals surface area (Å²) < 4.78 is 7.12. The molecule has 1 aromatic carbocycles. The number of rotatable bonds is 2. The predicted octanol–water partition coefficient (Wildman–Crippen LogP) is 2.42. The highest BCUT2D eigenvalue weighted by molar-refractivity contribution is 14.1. The summed E-state index contributed by atoms with van der Waals surface area (Å²) in [7, 11) is 0. The Hall–Kier alpha value is -0.290. The average Bonchev–Trinajstić information content (AvgIpc) is 2.23. The van der Waals surface area contributed by atoms with Gasteiger partial charge in [-0.05, 0) is 72.8 Å². The maximum atomic E-state index is 5.87. The van der Waals surface area contributed by atoms with E-state index in [2.05, 4.69) is 40.0 Å². The van der Waals surface area contributed by atoms with Crippen molar-refractivity contribution in [3.63, 3.8) is 0 Å². The van der Waals surface area contributed by atoms with E-state index in [1.807, 2.05) is 12.1 Å². The van der Waals surface area contributed by atoms with E-state index >= 15 is 0 Å². The Kier molecular flexibility index (Phi) is 3.64. The second-order valence-corrected chi connectivity index (χ2v) is 4.77. The topological polar surface area (TPSA) is 21.3 Å². The molecule has 1 heterocycles. The van der Waals surface area contributed by atoms with E-state index in [4.69, 9.17) is 4.74 Å². The van der Waals surface area contributed by atoms with E-state index in [-0.39, 0.29) is 0 Å². The number of hydrogen-bond acceptors (Lipinski definition) is 2. The van der Waals surface area contributed by atoms with Crippen molar-refractivity contribution in [2.75, 3.05) is 13.1 Å². The third kappa shape index (κ3) is 2.85. The second kappa shape index (κ2) is 4.98. The van der Waals surface area contributed by atoms with Gasteiger partial charge in [0.25, 0.3) is 0 Å². The average molecular weight is 303 g/mol. The fourth-order valence-electron chi connectivity index (χ4n) is 1.62. The van der Waals surface area contributed by atoms with Crippen LogP contribution < -0.4 is 10.1 Å². The van der Waals surface area contributed by atoms with E-state index < -0.39 is 0 Å². The van der Waals surface area contributed by atoms with Crippen LogP contribution in [0.2, 0.25) is 0 Å². The maximum Gasteiger partial charge on any atom is 0.119 e. The van der Waals surface area contributed by atoms with Crippen molar-refractivity contribution in [1.29, 1.82) is 0 Å². The van der Waals surface area contributed by atoms with Gasteiger partial charge < -0.3 is 10.1 Å². The summed E-state index contributed by atoms with van der Waals surface area (Å²) in [5.74, 6) is 0.998. The molecular weight excluding hydrogens is 289 g/mol. The number of halogens is 1. The smallest absolute Gasteiger partial charge is 0.119 e. The molecule has 1 N–H and O–H groups in total. The van der Waals surface area contributed by atoms with Gasteiger partial charge in [0.2, 0.25) is 0 Å². The first kappa shape index (κ1) is 10.2. The number of hydrogen-bond donors (Lipinski definition) is 1. The lowest BCUT2D eigenvalue weighted by Gasteiger charge is -2.23. The molecule has 0 aromatic heterocycles. The standard InChI is InChI=1S/C11H14INO/c12-9-1-3-10(4-2-9)14-11-5-7-13-8-6-11/h1-4,11,13H,5-8H2. The van der Waals surface area contributed by atoms with Crippen molar-refractivity contribution in [2.45, 2.75) is 18.9 Å². The lowest BCUT2D eigenvalue weighted by Crippen LogP contribution is -2.34. The molecule has 1 aromatic rings. The minimum absolute atomic E-state index is 0.399.